The molecule has 28 heavy (non-hydrogen) atoms. The molecule has 3 aliphatic heterocycles. The van der Waals surface area contributed by atoms with E-state index in [0.29, 0.717) is 24.5 Å². The normalized spacial score (nSPS) is 36.5. The molecule has 0 amide bonds. The summed E-state index contributed by atoms with van der Waals surface area (Å²) in [4.78, 5) is 25.2. The number of fused-ring (bicyclic) bond motifs is 2. The number of ether oxygens (including phenoxy) is 4. The molecule has 1 aliphatic carbocycles. The monoisotopic (exact) mass is 387 g/mol. The van der Waals surface area contributed by atoms with Crippen molar-refractivity contribution in [2.24, 2.45) is 0 Å². The summed E-state index contributed by atoms with van der Waals surface area (Å²) in [7, 11) is 0. The minimum Gasteiger partial charge on any atom is -0.458 e. The molecule has 4 aliphatic rings. The van der Waals surface area contributed by atoms with Gasteiger partial charge in [-0.1, -0.05) is 6.08 Å². The zero-order chi connectivity index (χ0) is 19.6. The van der Waals surface area contributed by atoms with Crippen LogP contribution in [0.3, 0.4) is 0 Å². The molecule has 8 heteroatoms. The Morgan fingerprint density at radius 2 is 1.89 bits per heavy atom. The van der Waals surface area contributed by atoms with Gasteiger partial charge in [-0.3, -0.25) is 14.5 Å². The average Bonchev–Trinajstić information content (AvgIpc) is 3.18. The molecule has 3 heterocycles. The molecule has 0 radical (unpaired) electrons. The lowest BCUT2D eigenvalue weighted by molar-refractivity contribution is -0.161. The van der Waals surface area contributed by atoms with Crippen LogP contribution in [-0.2, 0) is 24.5 Å². The Balaban J connectivity index is 1.68. The summed E-state index contributed by atoms with van der Waals surface area (Å²) in [5.74, 6) is 0.435. The van der Waals surface area contributed by atoms with Gasteiger partial charge in [0.1, 0.15) is 6.10 Å². The molecule has 0 aromatic heterocycles. The zero-order valence-electron chi connectivity index (χ0n) is 15.6. The molecule has 1 N–H and O–H groups in total. The first kappa shape index (κ1) is 17.5. The summed E-state index contributed by atoms with van der Waals surface area (Å²) < 4.78 is 22.1. The van der Waals surface area contributed by atoms with Crippen LogP contribution in [0.25, 0.3) is 0 Å². The minimum atomic E-state index is -0.702. The van der Waals surface area contributed by atoms with Crippen LogP contribution in [0.2, 0.25) is 0 Å². The van der Waals surface area contributed by atoms with Gasteiger partial charge >= 0.3 is 11.9 Å². The standard InChI is InChI=1S/C20H21NO7/c1-10(22)27-12-3-4-20-14-7-16-15(25-9-26-16)6-13(14)19(28-11(2)23)21(8-18(20)24)17(20)5-12/h3-4,6-7,12,17-19,24H,5,8-9H2,1-2H3/t12-,17-,18+,19-,20-/m0/s1. The number of esters is 2. The second-order valence-electron chi connectivity index (χ2n) is 7.66. The summed E-state index contributed by atoms with van der Waals surface area (Å²) in [6.45, 7) is 3.20. The molecular formula is C20H21NO7. The van der Waals surface area contributed by atoms with Crippen molar-refractivity contribution in [2.75, 3.05) is 13.3 Å². The van der Waals surface area contributed by atoms with Crippen molar-refractivity contribution in [3.05, 3.63) is 35.4 Å². The van der Waals surface area contributed by atoms with Crippen LogP contribution in [0, 0.1) is 0 Å². The van der Waals surface area contributed by atoms with E-state index in [1.54, 1.807) is 0 Å². The number of aliphatic hydroxyl groups is 1. The van der Waals surface area contributed by atoms with Crippen LogP contribution < -0.4 is 9.47 Å². The van der Waals surface area contributed by atoms with E-state index >= 15 is 0 Å². The van der Waals surface area contributed by atoms with E-state index in [1.165, 1.54) is 13.8 Å². The molecule has 2 bridgehead atoms. The third kappa shape index (κ3) is 2.31. The number of nitrogens with zero attached hydrogens (tertiary/aromatic N) is 1. The summed E-state index contributed by atoms with van der Waals surface area (Å²) in [6.07, 6.45) is 2.53. The van der Waals surface area contributed by atoms with Crippen LogP contribution in [-0.4, -0.2) is 53.5 Å². The summed E-state index contributed by atoms with van der Waals surface area (Å²) in [5, 5.41) is 11.1. The first-order chi connectivity index (χ1) is 13.4. The molecule has 148 valence electrons. The second-order valence-corrected chi connectivity index (χ2v) is 7.66. The Bertz CT molecular complexity index is 897. The smallest absolute Gasteiger partial charge is 0.304 e. The Labute approximate surface area is 161 Å². The molecule has 1 aromatic carbocycles. The van der Waals surface area contributed by atoms with Crippen molar-refractivity contribution < 1.29 is 33.6 Å². The van der Waals surface area contributed by atoms with Crippen molar-refractivity contribution in [1.82, 2.24) is 4.90 Å². The van der Waals surface area contributed by atoms with Gasteiger partial charge < -0.3 is 24.1 Å². The molecule has 1 fully saturated rings. The molecular weight excluding hydrogens is 366 g/mol. The van der Waals surface area contributed by atoms with E-state index in [-0.39, 0.29) is 18.8 Å². The lowest BCUT2D eigenvalue weighted by atomic mass is 9.65. The van der Waals surface area contributed by atoms with Gasteiger partial charge in [0, 0.05) is 38.4 Å². The number of carbonyl (C=O) groups excluding carboxylic acids is 2. The highest BCUT2D eigenvalue weighted by atomic mass is 16.7. The van der Waals surface area contributed by atoms with Crippen LogP contribution in [0.4, 0.5) is 0 Å². The van der Waals surface area contributed by atoms with Gasteiger partial charge in [0.25, 0.3) is 0 Å². The molecule has 1 saturated heterocycles. The lowest BCUT2D eigenvalue weighted by Crippen LogP contribution is -2.54. The summed E-state index contributed by atoms with van der Waals surface area (Å²) in [6, 6.07) is 3.53. The van der Waals surface area contributed by atoms with E-state index in [0.717, 1.165) is 11.1 Å². The van der Waals surface area contributed by atoms with E-state index in [1.807, 2.05) is 29.2 Å². The fraction of sp³-hybridized carbons (Fsp3) is 0.500. The maximum Gasteiger partial charge on any atom is 0.304 e. The molecule has 1 aromatic rings. The minimum absolute atomic E-state index is 0.128. The largest absolute Gasteiger partial charge is 0.458 e. The molecule has 0 spiro atoms. The number of benzene rings is 1. The Kier molecular flexibility index (Phi) is 3.73. The van der Waals surface area contributed by atoms with Crippen molar-refractivity contribution in [1.29, 1.82) is 0 Å². The predicted molar refractivity (Wildman–Crippen MR) is 94.6 cm³/mol. The van der Waals surface area contributed by atoms with Crippen molar-refractivity contribution in [2.45, 2.75) is 50.2 Å². The predicted octanol–water partition coefficient (Wildman–Crippen LogP) is 1.17. The Hall–Kier alpha value is -2.58. The van der Waals surface area contributed by atoms with Gasteiger partial charge in [-0.15, -0.1) is 0 Å². The Morgan fingerprint density at radius 3 is 2.61 bits per heavy atom. The number of aliphatic hydroxyl groups excluding tert-OH is 1. The fourth-order valence-electron chi connectivity index (χ4n) is 5.10. The highest BCUT2D eigenvalue weighted by molar-refractivity contribution is 5.68. The summed E-state index contributed by atoms with van der Waals surface area (Å²) in [5.41, 5.74) is 0.943. The molecule has 6 atom stereocenters. The fourth-order valence-corrected chi connectivity index (χ4v) is 5.10. The topological polar surface area (TPSA) is 94.5 Å². The van der Waals surface area contributed by atoms with Gasteiger partial charge in [0.2, 0.25) is 6.79 Å². The number of hydrogen-bond acceptors (Lipinski definition) is 8. The van der Waals surface area contributed by atoms with Crippen molar-refractivity contribution in [3.8, 4) is 11.5 Å². The third-order valence-electron chi connectivity index (χ3n) is 6.10. The number of rotatable bonds is 2. The first-order valence-corrected chi connectivity index (χ1v) is 9.32. The van der Waals surface area contributed by atoms with Crippen molar-refractivity contribution >= 4 is 11.9 Å². The highest BCUT2D eigenvalue weighted by Gasteiger charge is 2.62. The maximum atomic E-state index is 11.8. The summed E-state index contributed by atoms with van der Waals surface area (Å²) >= 11 is 0. The van der Waals surface area contributed by atoms with Gasteiger partial charge in [-0.05, 0) is 23.8 Å². The van der Waals surface area contributed by atoms with Gasteiger partial charge in [0.15, 0.2) is 17.7 Å². The molecule has 0 saturated carbocycles. The maximum absolute atomic E-state index is 11.8. The SMILES string of the molecule is CC(=O)O[C@H]1C=C[C@@]23c4cc5c(cc4[C@H](OC(C)=O)N(C[C@H]2O)[C@H]3C1)OCO5. The van der Waals surface area contributed by atoms with E-state index in [9.17, 15) is 14.7 Å². The van der Waals surface area contributed by atoms with Crippen molar-refractivity contribution in [3.63, 3.8) is 0 Å². The first-order valence-electron chi connectivity index (χ1n) is 9.32. The quantitative estimate of drug-likeness (QED) is 0.597. The zero-order valence-corrected chi connectivity index (χ0v) is 15.6. The van der Waals surface area contributed by atoms with Gasteiger partial charge in [-0.25, -0.2) is 0 Å². The second kappa shape index (κ2) is 5.96. The molecule has 5 rings (SSSR count). The molecule has 8 nitrogen and oxygen atoms in total. The average molecular weight is 387 g/mol. The third-order valence-corrected chi connectivity index (χ3v) is 6.10. The van der Waals surface area contributed by atoms with Crippen LogP contribution in [0.15, 0.2) is 24.3 Å². The van der Waals surface area contributed by atoms with Crippen LogP contribution >= 0.6 is 0 Å². The highest BCUT2D eigenvalue weighted by Crippen LogP contribution is 2.57. The molecule has 1 unspecified atom stereocenters. The van der Waals surface area contributed by atoms with E-state index in [4.69, 9.17) is 18.9 Å². The number of hydrogen-bond donors (Lipinski definition) is 1. The van der Waals surface area contributed by atoms with Crippen LogP contribution in [0.1, 0.15) is 37.6 Å². The van der Waals surface area contributed by atoms with Gasteiger partial charge in [-0.2, -0.15) is 0 Å². The Morgan fingerprint density at radius 1 is 1.18 bits per heavy atom. The lowest BCUT2D eigenvalue weighted by Gasteiger charge is -2.48. The van der Waals surface area contributed by atoms with Gasteiger partial charge in [0.05, 0.1) is 11.5 Å². The van der Waals surface area contributed by atoms with E-state index < -0.39 is 29.8 Å². The van der Waals surface area contributed by atoms with Crippen LogP contribution in [0.5, 0.6) is 11.5 Å². The number of carbonyl (C=O) groups is 2. The van der Waals surface area contributed by atoms with E-state index in [2.05, 4.69) is 0 Å².